The van der Waals surface area contributed by atoms with Gasteiger partial charge in [0.25, 0.3) is 0 Å². The summed E-state index contributed by atoms with van der Waals surface area (Å²) in [6.45, 7) is 6.81. The number of nitrogens with zero attached hydrogens (tertiary/aromatic N) is 1. The second-order valence-electron chi connectivity index (χ2n) is 6.06. The van der Waals surface area contributed by atoms with Crippen LogP contribution in [0.3, 0.4) is 0 Å². The predicted molar refractivity (Wildman–Crippen MR) is 90.0 cm³/mol. The third kappa shape index (κ3) is 5.24. The van der Waals surface area contributed by atoms with Crippen LogP contribution in [0.4, 0.5) is 4.39 Å². The molecule has 2 rings (SSSR count). The fourth-order valence-electron chi connectivity index (χ4n) is 2.31. The van der Waals surface area contributed by atoms with Crippen LogP contribution < -0.4 is 5.32 Å². The molecule has 0 amide bonds. The fraction of sp³-hybridized carbons (Fsp3) is 0.368. The molecule has 2 nitrogen and oxygen atoms in total. The number of halogens is 1. The lowest BCUT2D eigenvalue weighted by Gasteiger charge is -2.21. The van der Waals surface area contributed by atoms with Crippen molar-refractivity contribution in [2.45, 2.75) is 39.5 Å². The van der Waals surface area contributed by atoms with E-state index in [9.17, 15) is 4.39 Å². The Hall–Kier alpha value is -1.71. The van der Waals surface area contributed by atoms with Gasteiger partial charge in [0.05, 0.1) is 0 Å². The van der Waals surface area contributed by atoms with Gasteiger partial charge in [-0.3, -0.25) is 4.90 Å². The first kappa shape index (κ1) is 16.7. The number of hydrogen-bond acceptors (Lipinski definition) is 2. The van der Waals surface area contributed by atoms with E-state index in [2.05, 4.69) is 55.4 Å². The van der Waals surface area contributed by atoms with Gasteiger partial charge >= 0.3 is 0 Å². The van der Waals surface area contributed by atoms with Gasteiger partial charge in [0.1, 0.15) is 5.82 Å². The molecule has 0 heterocycles. The van der Waals surface area contributed by atoms with Crippen LogP contribution in [0.5, 0.6) is 0 Å². The van der Waals surface area contributed by atoms with E-state index < -0.39 is 0 Å². The van der Waals surface area contributed by atoms with Crippen LogP contribution in [0.25, 0.3) is 0 Å². The Kier molecular flexibility index (Phi) is 6.10. The maximum Gasteiger partial charge on any atom is 0.123 e. The van der Waals surface area contributed by atoms with Crippen molar-refractivity contribution in [3.63, 3.8) is 0 Å². The first-order valence-corrected chi connectivity index (χ1v) is 7.78. The summed E-state index contributed by atoms with van der Waals surface area (Å²) in [5.74, 6) is -0.182. The molecule has 0 radical (unpaired) electrons. The van der Waals surface area contributed by atoms with Gasteiger partial charge in [-0.2, -0.15) is 0 Å². The van der Waals surface area contributed by atoms with Crippen LogP contribution in [0.1, 0.15) is 30.5 Å². The highest BCUT2D eigenvalue weighted by atomic mass is 19.1. The summed E-state index contributed by atoms with van der Waals surface area (Å²) in [5, 5.41) is 3.37. The zero-order valence-corrected chi connectivity index (χ0v) is 13.6. The molecule has 0 aromatic heterocycles. The first-order chi connectivity index (χ1) is 10.5. The molecule has 0 atom stereocenters. The lowest BCUT2D eigenvalue weighted by Crippen LogP contribution is -2.25. The molecule has 0 aliphatic carbocycles. The average molecular weight is 300 g/mol. The van der Waals surface area contributed by atoms with Crippen molar-refractivity contribution >= 4 is 0 Å². The number of rotatable bonds is 7. The Labute approximate surface area is 133 Å². The highest BCUT2D eigenvalue weighted by Crippen LogP contribution is 2.10. The van der Waals surface area contributed by atoms with Crippen molar-refractivity contribution in [2.24, 2.45) is 0 Å². The topological polar surface area (TPSA) is 15.3 Å². The third-order valence-electron chi connectivity index (χ3n) is 3.85. The fourth-order valence-corrected chi connectivity index (χ4v) is 2.31. The molecule has 0 saturated carbocycles. The largest absolute Gasteiger partial charge is 0.309 e. The highest BCUT2D eigenvalue weighted by molar-refractivity contribution is 5.23. The Morgan fingerprint density at radius 2 is 1.55 bits per heavy atom. The van der Waals surface area contributed by atoms with Crippen LogP contribution in [0, 0.1) is 5.82 Å². The maximum atomic E-state index is 13.1. The molecule has 2 aromatic rings. The average Bonchev–Trinajstić information content (AvgIpc) is 2.47. The molecule has 3 heteroatoms. The normalized spacial score (nSPS) is 11.4. The monoisotopic (exact) mass is 300 g/mol. The first-order valence-electron chi connectivity index (χ1n) is 7.78. The zero-order valence-electron chi connectivity index (χ0n) is 13.6. The summed E-state index contributed by atoms with van der Waals surface area (Å²) < 4.78 is 13.1. The minimum Gasteiger partial charge on any atom is -0.309 e. The highest BCUT2D eigenvalue weighted by Gasteiger charge is 2.04. The number of hydrogen-bond donors (Lipinski definition) is 1. The van der Waals surface area contributed by atoms with Crippen molar-refractivity contribution < 1.29 is 4.39 Å². The van der Waals surface area contributed by atoms with Crippen LogP contribution in [0.15, 0.2) is 48.5 Å². The summed E-state index contributed by atoms with van der Waals surface area (Å²) in [6, 6.07) is 15.9. The molecular weight excluding hydrogens is 275 g/mol. The van der Waals surface area contributed by atoms with E-state index >= 15 is 0 Å². The van der Waals surface area contributed by atoms with Crippen LogP contribution in [-0.2, 0) is 19.6 Å². The molecule has 0 aliphatic rings. The molecule has 22 heavy (non-hydrogen) atoms. The van der Waals surface area contributed by atoms with Gasteiger partial charge in [-0.25, -0.2) is 4.39 Å². The van der Waals surface area contributed by atoms with Gasteiger partial charge in [-0.15, -0.1) is 0 Å². The van der Waals surface area contributed by atoms with Crippen LogP contribution in [0.2, 0.25) is 0 Å². The Morgan fingerprint density at radius 1 is 0.955 bits per heavy atom. The predicted octanol–water partition coefficient (Wildman–Crippen LogP) is 3.96. The minimum atomic E-state index is -0.182. The zero-order chi connectivity index (χ0) is 15.9. The molecule has 1 N–H and O–H groups in total. The van der Waals surface area contributed by atoms with Crippen LogP contribution >= 0.6 is 0 Å². The van der Waals surface area contributed by atoms with Crippen molar-refractivity contribution in [3.8, 4) is 0 Å². The third-order valence-corrected chi connectivity index (χ3v) is 3.85. The van der Waals surface area contributed by atoms with E-state index in [1.807, 2.05) is 6.07 Å². The van der Waals surface area contributed by atoms with E-state index in [0.717, 1.165) is 18.7 Å². The van der Waals surface area contributed by atoms with Gasteiger partial charge in [-0.05, 0) is 49.7 Å². The van der Waals surface area contributed by atoms with Crippen molar-refractivity contribution in [3.05, 3.63) is 71.0 Å². The van der Waals surface area contributed by atoms with Gasteiger partial charge < -0.3 is 5.32 Å². The second kappa shape index (κ2) is 8.06. The van der Waals surface area contributed by atoms with Gasteiger partial charge in [0, 0.05) is 25.7 Å². The molecule has 0 spiro atoms. The van der Waals surface area contributed by atoms with Crippen LogP contribution in [-0.4, -0.2) is 18.0 Å². The van der Waals surface area contributed by atoms with Gasteiger partial charge in [0.2, 0.25) is 0 Å². The molecule has 2 aromatic carbocycles. The van der Waals surface area contributed by atoms with E-state index in [0.29, 0.717) is 12.6 Å². The minimum absolute atomic E-state index is 0.182. The summed E-state index contributed by atoms with van der Waals surface area (Å²) >= 11 is 0. The van der Waals surface area contributed by atoms with E-state index in [-0.39, 0.29) is 5.82 Å². The maximum absolute atomic E-state index is 13.1. The SMILES string of the molecule is CC(C)N(C)Cc1cccc(CNCc2cccc(F)c2)c1. The summed E-state index contributed by atoms with van der Waals surface area (Å²) in [7, 11) is 2.14. The van der Waals surface area contributed by atoms with Gasteiger partial charge in [-0.1, -0.05) is 36.4 Å². The van der Waals surface area contributed by atoms with E-state index in [1.54, 1.807) is 12.1 Å². The lowest BCUT2D eigenvalue weighted by atomic mass is 10.1. The molecule has 0 bridgehead atoms. The Morgan fingerprint density at radius 3 is 2.18 bits per heavy atom. The smallest absolute Gasteiger partial charge is 0.123 e. The van der Waals surface area contributed by atoms with E-state index in [4.69, 9.17) is 0 Å². The lowest BCUT2D eigenvalue weighted by molar-refractivity contribution is 0.266. The summed E-state index contributed by atoms with van der Waals surface area (Å²) in [5.41, 5.74) is 3.54. The Balaban J connectivity index is 1.88. The molecule has 0 unspecified atom stereocenters. The van der Waals surface area contributed by atoms with Gasteiger partial charge in [0.15, 0.2) is 0 Å². The molecular formula is C19H25FN2. The molecule has 0 fully saturated rings. The second-order valence-corrected chi connectivity index (χ2v) is 6.06. The summed E-state index contributed by atoms with van der Waals surface area (Å²) in [6.07, 6.45) is 0. The molecule has 118 valence electrons. The quantitative estimate of drug-likeness (QED) is 0.833. The number of benzene rings is 2. The van der Waals surface area contributed by atoms with Crippen molar-refractivity contribution in [1.29, 1.82) is 0 Å². The Bertz CT molecular complexity index is 595. The summed E-state index contributed by atoms with van der Waals surface area (Å²) in [4.78, 5) is 2.32. The standard InChI is InChI=1S/C19H25FN2/c1-15(2)22(3)14-18-8-4-6-16(10-18)12-21-13-17-7-5-9-19(20)11-17/h4-11,15,21H,12-14H2,1-3H3. The molecule has 0 aliphatic heterocycles. The molecule has 0 saturated heterocycles. The van der Waals surface area contributed by atoms with E-state index in [1.165, 1.54) is 17.2 Å². The van der Waals surface area contributed by atoms with Crippen molar-refractivity contribution in [1.82, 2.24) is 10.2 Å². The number of nitrogens with one attached hydrogen (secondary N) is 1. The van der Waals surface area contributed by atoms with Crippen molar-refractivity contribution in [2.75, 3.05) is 7.05 Å².